The van der Waals surface area contributed by atoms with Crippen molar-refractivity contribution < 1.29 is 4.74 Å². The van der Waals surface area contributed by atoms with Gasteiger partial charge in [-0.2, -0.15) is 5.26 Å². The molecule has 2 aliphatic heterocycles. The fourth-order valence-corrected chi connectivity index (χ4v) is 3.11. The van der Waals surface area contributed by atoms with Crippen LogP contribution in [0.4, 0.5) is 5.69 Å². The van der Waals surface area contributed by atoms with Crippen molar-refractivity contribution in [2.75, 3.05) is 19.0 Å². The van der Waals surface area contributed by atoms with E-state index in [0.29, 0.717) is 24.2 Å². The summed E-state index contributed by atoms with van der Waals surface area (Å²) in [5.41, 5.74) is 3.02. The lowest BCUT2D eigenvalue weighted by Crippen LogP contribution is -2.50. The van der Waals surface area contributed by atoms with E-state index in [4.69, 9.17) is 9.73 Å². The van der Waals surface area contributed by atoms with Crippen LogP contribution in [-0.2, 0) is 4.74 Å². The second kappa shape index (κ2) is 6.78. The van der Waals surface area contributed by atoms with Crippen molar-refractivity contribution in [2.24, 2.45) is 4.99 Å². The summed E-state index contributed by atoms with van der Waals surface area (Å²) in [5.74, 6) is 1.42. The van der Waals surface area contributed by atoms with Crippen molar-refractivity contribution in [1.29, 1.82) is 5.26 Å². The number of aryl methyl sites for hydroxylation is 1. The molecule has 27 heavy (non-hydrogen) atoms. The zero-order valence-electron chi connectivity index (χ0n) is 15.5. The number of nitrogens with one attached hydrogen (secondary N) is 2. The Balaban J connectivity index is 1.57. The smallest absolute Gasteiger partial charge is 0.202 e. The number of guanidine groups is 1. The van der Waals surface area contributed by atoms with E-state index in [1.807, 2.05) is 43.1 Å². The second-order valence-corrected chi connectivity index (χ2v) is 6.76. The third kappa shape index (κ3) is 3.25. The van der Waals surface area contributed by atoms with Crippen LogP contribution < -0.4 is 10.6 Å². The van der Waals surface area contributed by atoms with E-state index in [9.17, 15) is 5.26 Å². The van der Waals surface area contributed by atoms with Gasteiger partial charge in [-0.15, -0.1) is 0 Å². The van der Waals surface area contributed by atoms with E-state index in [1.165, 1.54) is 0 Å². The van der Waals surface area contributed by atoms with Crippen LogP contribution in [0.25, 0.3) is 5.69 Å². The minimum atomic E-state index is -0.152. The van der Waals surface area contributed by atoms with Crippen LogP contribution in [-0.4, -0.2) is 46.3 Å². The van der Waals surface area contributed by atoms with Crippen LogP contribution in [0, 0.1) is 18.3 Å². The number of nitrogens with zero attached hydrogens (tertiary/aromatic N) is 5. The summed E-state index contributed by atoms with van der Waals surface area (Å²) in [5, 5.41) is 15.9. The fraction of sp³-hybridized carbons (Fsp3) is 0.316. The molecular formula is C19H21N7O. The van der Waals surface area contributed by atoms with Crippen LogP contribution in [0.3, 0.4) is 0 Å². The summed E-state index contributed by atoms with van der Waals surface area (Å²) in [4.78, 5) is 11.1. The Morgan fingerprint density at radius 1 is 1.41 bits per heavy atom. The van der Waals surface area contributed by atoms with Crippen molar-refractivity contribution in [3.63, 3.8) is 0 Å². The average Bonchev–Trinajstić information content (AvgIpc) is 3.11. The number of ether oxygens (including phenoxy) is 1. The number of likely N-dealkylation sites (N-methyl/N-ethyl adjacent to an activating group) is 1. The molecular weight excluding hydrogens is 342 g/mol. The number of morpholine rings is 1. The highest BCUT2D eigenvalue weighted by molar-refractivity contribution is 5.95. The van der Waals surface area contributed by atoms with E-state index >= 15 is 0 Å². The topological polar surface area (TPSA) is 90.5 Å². The molecule has 0 saturated carbocycles. The monoisotopic (exact) mass is 363 g/mol. The first-order chi connectivity index (χ1) is 13.0. The largest absolute Gasteiger partial charge is 0.491 e. The van der Waals surface area contributed by atoms with Crippen LogP contribution in [0.5, 0.6) is 0 Å². The molecule has 0 bridgehead atoms. The lowest BCUT2D eigenvalue weighted by Gasteiger charge is -2.38. The van der Waals surface area contributed by atoms with Gasteiger partial charge >= 0.3 is 0 Å². The highest BCUT2D eigenvalue weighted by Gasteiger charge is 2.32. The molecule has 2 aromatic rings. The Hall–Kier alpha value is -3.31. The lowest BCUT2D eigenvalue weighted by molar-refractivity contribution is 0.0243. The second-order valence-electron chi connectivity index (χ2n) is 6.76. The number of aromatic nitrogens is 2. The Morgan fingerprint density at radius 2 is 2.26 bits per heavy atom. The highest BCUT2D eigenvalue weighted by atomic mass is 16.5. The predicted molar refractivity (Wildman–Crippen MR) is 102 cm³/mol. The molecule has 8 heteroatoms. The van der Waals surface area contributed by atoms with Gasteiger partial charge < -0.3 is 19.9 Å². The maximum Gasteiger partial charge on any atom is 0.202 e. The number of hydrogen-bond acceptors (Lipinski definition) is 7. The standard InChI is InChI=1S/C19H21N7O/c1-12-9-26(11-22-12)16-5-4-15(6-14(16)7-20)23-19-21-8-17-18(24-19)25(3)13(2)10-27-17/h4-6,8-9,11,13,18H,10H2,1-3H3,(H2,21,23,24). The molecule has 1 aromatic carbocycles. The first-order valence-corrected chi connectivity index (χ1v) is 8.76. The van der Waals surface area contributed by atoms with E-state index in [1.54, 1.807) is 12.4 Å². The number of rotatable bonds is 2. The van der Waals surface area contributed by atoms with Gasteiger partial charge in [0.2, 0.25) is 5.96 Å². The normalized spacial score (nSPS) is 21.9. The first kappa shape index (κ1) is 17.1. The van der Waals surface area contributed by atoms with Crippen molar-refractivity contribution in [3.8, 4) is 11.8 Å². The van der Waals surface area contributed by atoms with Gasteiger partial charge in [0.05, 0.1) is 23.3 Å². The number of fused-ring (bicyclic) bond motifs is 1. The highest BCUT2D eigenvalue weighted by Crippen LogP contribution is 2.24. The van der Waals surface area contributed by atoms with Gasteiger partial charge in [-0.3, -0.25) is 4.90 Å². The van der Waals surface area contributed by atoms with Crippen LogP contribution >= 0.6 is 0 Å². The zero-order valence-corrected chi connectivity index (χ0v) is 15.5. The zero-order chi connectivity index (χ0) is 19.0. The Kier molecular flexibility index (Phi) is 4.30. The third-order valence-electron chi connectivity index (χ3n) is 4.80. The molecule has 2 aliphatic rings. The van der Waals surface area contributed by atoms with Gasteiger partial charge in [0.1, 0.15) is 12.7 Å². The minimum Gasteiger partial charge on any atom is -0.491 e. The Labute approximate surface area is 157 Å². The number of imidazole rings is 1. The maximum absolute atomic E-state index is 9.55. The summed E-state index contributed by atoms with van der Waals surface area (Å²) < 4.78 is 7.58. The van der Waals surface area contributed by atoms with Gasteiger partial charge in [-0.1, -0.05) is 0 Å². The van der Waals surface area contributed by atoms with Gasteiger partial charge in [0.25, 0.3) is 0 Å². The molecule has 2 atom stereocenters. The number of nitriles is 1. The van der Waals surface area contributed by atoms with Crippen molar-refractivity contribution in [1.82, 2.24) is 19.8 Å². The molecule has 0 amide bonds. The van der Waals surface area contributed by atoms with Gasteiger partial charge in [0.15, 0.2) is 11.9 Å². The number of anilines is 1. The average molecular weight is 363 g/mol. The SMILES string of the molecule is Cc1cn(-c2ccc(NC3=NC4C(=CN3)OCC(C)N4C)cc2C#N)cn1. The number of hydrogen-bond donors (Lipinski definition) is 2. The molecule has 0 spiro atoms. The molecule has 2 N–H and O–H groups in total. The Morgan fingerprint density at radius 3 is 3.00 bits per heavy atom. The third-order valence-corrected chi connectivity index (χ3v) is 4.80. The molecule has 2 unspecified atom stereocenters. The Bertz CT molecular complexity index is 969. The van der Waals surface area contributed by atoms with Crippen LogP contribution in [0.1, 0.15) is 18.2 Å². The predicted octanol–water partition coefficient (Wildman–Crippen LogP) is 1.94. The molecule has 138 valence electrons. The van der Waals surface area contributed by atoms with Crippen molar-refractivity contribution in [2.45, 2.75) is 26.1 Å². The summed E-state index contributed by atoms with van der Waals surface area (Å²) in [6.07, 6.45) is 5.28. The summed E-state index contributed by atoms with van der Waals surface area (Å²) in [6, 6.07) is 8.15. The van der Waals surface area contributed by atoms with Crippen LogP contribution in [0.2, 0.25) is 0 Å². The fourth-order valence-electron chi connectivity index (χ4n) is 3.11. The molecule has 1 fully saturated rings. The number of aliphatic imine (C=N–C) groups is 1. The van der Waals surface area contributed by atoms with E-state index in [2.05, 4.69) is 33.5 Å². The molecule has 1 aromatic heterocycles. The molecule has 1 saturated heterocycles. The van der Waals surface area contributed by atoms with Gasteiger partial charge in [-0.25, -0.2) is 9.98 Å². The first-order valence-electron chi connectivity index (χ1n) is 8.76. The molecule has 4 rings (SSSR count). The summed E-state index contributed by atoms with van der Waals surface area (Å²) >= 11 is 0. The summed E-state index contributed by atoms with van der Waals surface area (Å²) in [7, 11) is 2.04. The molecule has 0 aliphatic carbocycles. The maximum atomic E-state index is 9.55. The molecule has 8 nitrogen and oxygen atoms in total. The van der Waals surface area contributed by atoms with E-state index in [-0.39, 0.29) is 6.17 Å². The molecule has 0 radical (unpaired) electrons. The number of benzene rings is 1. The van der Waals surface area contributed by atoms with E-state index < -0.39 is 0 Å². The van der Waals surface area contributed by atoms with Crippen molar-refractivity contribution >= 4 is 11.6 Å². The lowest BCUT2D eigenvalue weighted by atomic mass is 10.1. The molecule has 3 heterocycles. The van der Waals surface area contributed by atoms with E-state index in [0.717, 1.165) is 22.8 Å². The summed E-state index contributed by atoms with van der Waals surface area (Å²) in [6.45, 7) is 4.68. The minimum absolute atomic E-state index is 0.152. The van der Waals surface area contributed by atoms with Gasteiger partial charge in [-0.05, 0) is 39.1 Å². The van der Waals surface area contributed by atoms with Gasteiger partial charge in [0, 0.05) is 24.1 Å². The quantitative estimate of drug-likeness (QED) is 0.847. The van der Waals surface area contributed by atoms with Crippen LogP contribution in [0.15, 0.2) is 47.7 Å². The van der Waals surface area contributed by atoms with Crippen molar-refractivity contribution in [3.05, 3.63) is 53.9 Å².